The topological polar surface area (TPSA) is 111 Å². The van der Waals surface area contributed by atoms with E-state index in [9.17, 15) is 10.2 Å². The van der Waals surface area contributed by atoms with Gasteiger partial charge in [0.25, 0.3) is 5.79 Å². The van der Waals surface area contributed by atoms with Crippen molar-refractivity contribution in [2.45, 2.75) is 76.4 Å². The summed E-state index contributed by atoms with van der Waals surface area (Å²) in [6, 6.07) is 10.4. The van der Waals surface area contributed by atoms with Gasteiger partial charge in [-0.3, -0.25) is 0 Å². The van der Waals surface area contributed by atoms with Gasteiger partial charge < -0.3 is 31.2 Å². The van der Waals surface area contributed by atoms with Gasteiger partial charge in [-0.05, 0) is 130 Å². The molecule has 2 aromatic rings. The third kappa shape index (κ3) is 3.06. The highest BCUT2D eigenvalue weighted by Gasteiger charge is 2.77. The Morgan fingerprint density at radius 3 is 1.45 bits per heavy atom. The number of rotatable bonds is 5. The van der Waals surface area contributed by atoms with Crippen molar-refractivity contribution in [1.82, 2.24) is 0 Å². The van der Waals surface area contributed by atoms with Crippen LogP contribution in [0.4, 0.5) is 11.4 Å². The summed E-state index contributed by atoms with van der Waals surface area (Å²) >= 11 is 0. The highest BCUT2D eigenvalue weighted by Crippen LogP contribution is 2.78. The van der Waals surface area contributed by atoms with Crippen LogP contribution in [0.25, 0.3) is 0 Å². The van der Waals surface area contributed by atoms with Gasteiger partial charge in [0.15, 0.2) is 0 Å². The lowest BCUT2D eigenvalue weighted by atomic mass is 9.33. The number of anilines is 2. The zero-order valence-electron chi connectivity index (χ0n) is 22.1. The first-order valence-corrected chi connectivity index (χ1v) is 14.8. The molecule has 2 unspecified atom stereocenters. The number of aromatic hydroxyl groups is 2. The maximum Gasteiger partial charge on any atom is 0.260 e. The van der Waals surface area contributed by atoms with Gasteiger partial charge in [0, 0.05) is 18.1 Å². The predicted molar refractivity (Wildman–Crippen MR) is 146 cm³/mol. The number of phenolic OH excluding ortho intramolecular Hbond substituents is 2. The average Bonchev–Trinajstić information content (AvgIpc) is 2.85. The van der Waals surface area contributed by atoms with Crippen LogP contribution in [0.5, 0.6) is 23.0 Å². The zero-order chi connectivity index (χ0) is 25.9. The third-order valence-corrected chi connectivity index (χ3v) is 12.0. The van der Waals surface area contributed by atoms with Crippen LogP contribution in [-0.4, -0.2) is 16.0 Å². The lowest BCUT2D eigenvalue weighted by Crippen LogP contribution is -2.76. The van der Waals surface area contributed by atoms with Gasteiger partial charge in [0.05, 0.1) is 16.8 Å². The van der Waals surface area contributed by atoms with Crippen LogP contribution in [0.2, 0.25) is 0 Å². The van der Waals surface area contributed by atoms with E-state index in [1.807, 2.05) is 12.1 Å². The zero-order valence-corrected chi connectivity index (χ0v) is 22.1. The highest BCUT2D eigenvalue weighted by molar-refractivity contribution is 5.56. The Labute approximate surface area is 224 Å². The van der Waals surface area contributed by atoms with Gasteiger partial charge in [-0.1, -0.05) is 0 Å². The fourth-order valence-electron chi connectivity index (χ4n) is 11.4. The lowest BCUT2D eigenvalue weighted by Gasteiger charge is -2.74. The first kappa shape index (κ1) is 23.2. The molecule has 6 heteroatoms. The number of phenols is 2. The SMILES string of the molecule is Nc1cc(OC2(Oc3ccc(O)c(N)c3)C3CC4CC(C3)CC2(C23CC5CC(CC(C5)C2)C3)C4)ccc1O. The first-order valence-electron chi connectivity index (χ1n) is 14.8. The van der Waals surface area contributed by atoms with Crippen molar-refractivity contribution in [3.8, 4) is 23.0 Å². The number of ether oxygens (including phenoxy) is 2. The molecule has 8 aliphatic rings. The summed E-state index contributed by atoms with van der Waals surface area (Å²) in [5.74, 6) is 4.84. The van der Waals surface area contributed by atoms with E-state index in [0.717, 1.165) is 55.3 Å². The molecule has 6 N–H and O–H groups in total. The van der Waals surface area contributed by atoms with Gasteiger partial charge in [-0.25, -0.2) is 0 Å². The number of benzene rings is 2. The molecule has 10 rings (SSSR count). The molecule has 0 spiro atoms. The van der Waals surface area contributed by atoms with Crippen molar-refractivity contribution in [3.63, 3.8) is 0 Å². The van der Waals surface area contributed by atoms with Crippen LogP contribution in [0.15, 0.2) is 36.4 Å². The first-order chi connectivity index (χ1) is 18.3. The van der Waals surface area contributed by atoms with Gasteiger partial charge in [-0.15, -0.1) is 0 Å². The van der Waals surface area contributed by atoms with Crippen LogP contribution in [-0.2, 0) is 0 Å². The van der Waals surface area contributed by atoms with Crippen LogP contribution >= 0.6 is 0 Å². The Kier molecular flexibility index (Phi) is 4.67. The smallest absolute Gasteiger partial charge is 0.260 e. The molecule has 0 heterocycles. The second-order valence-corrected chi connectivity index (χ2v) is 14.1. The minimum Gasteiger partial charge on any atom is -0.506 e. The van der Waals surface area contributed by atoms with E-state index < -0.39 is 5.79 Å². The normalized spacial score (nSPS) is 41.4. The summed E-state index contributed by atoms with van der Waals surface area (Å²) in [5, 5.41) is 20.3. The van der Waals surface area contributed by atoms with E-state index in [1.165, 1.54) is 44.9 Å². The number of nitrogens with two attached hydrogens (primary N) is 2. The van der Waals surface area contributed by atoms with Gasteiger partial charge in [0.1, 0.15) is 23.0 Å². The molecule has 8 fully saturated rings. The van der Waals surface area contributed by atoms with Crippen LogP contribution < -0.4 is 20.9 Å². The molecular formula is C32H40N2O4. The Hall–Kier alpha value is -2.76. The number of nitrogen functional groups attached to an aromatic ring is 2. The molecule has 202 valence electrons. The third-order valence-electron chi connectivity index (χ3n) is 12.0. The molecule has 8 aliphatic carbocycles. The number of hydrogen-bond acceptors (Lipinski definition) is 6. The van der Waals surface area contributed by atoms with E-state index in [2.05, 4.69) is 0 Å². The van der Waals surface area contributed by atoms with E-state index in [4.69, 9.17) is 20.9 Å². The Balaban J connectivity index is 1.32. The average molecular weight is 517 g/mol. The van der Waals surface area contributed by atoms with E-state index in [1.54, 1.807) is 24.3 Å². The second kappa shape index (κ2) is 7.67. The van der Waals surface area contributed by atoms with Crippen molar-refractivity contribution < 1.29 is 19.7 Å². The molecule has 38 heavy (non-hydrogen) atoms. The van der Waals surface area contributed by atoms with Crippen LogP contribution in [0.3, 0.4) is 0 Å². The molecule has 0 aliphatic heterocycles. The van der Waals surface area contributed by atoms with Gasteiger partial charge in [-0.2, -0.15) is 0 Å². The molecule has 0 aromatic heterocycles. The fraction of sp³-hybridized carbons (Fsp3) is 0.625. The maximum atomic E-state index is 10.2. The van der Waals surface area contributed by atoms with E-state index >= 15 is 0 Å². The summed E-state index contributed by atoms with van der Waals surface area (Å²) in [6.07, 6.45) is 14.0. The molecule has 2 aromatic carbocycles. The minimum atomic E-state index is -0.848. The molecule has 2 atom stereocenters. The molecule has 0 amide bonds. The van der Waals surface area contributed by atoms with Crippen molar-refractivity contribution in [1.29, 1.82) is 0 Å². The molecule has 8 bridgehead atoms. The second-order valence-electron chi connectivity index (χ2n) is 14.1. The van der Waals surface area contributed by atoms with Crippen molar-refractivity contribution >= 4 is 11.4 Å². The molecular weight excluding hydrogens is 476 g/mol. The summed E-state index contributed by atoms with van der Waals surface area (Å²) in [6.45, 7) is 0. The van der Waals surface area contributed by atoms with Gasteiger partial charge in [0.2, 0.25) is 0 Å². The van der Waals surface area contributed by atoms with Crippen molar-refractivity contribution in [2.24, 2.45) is 46.3 Å². The molecule has 0 radical (unpaired) electrons. The quantitative estimate of drug-likeness (QED) is 0.206. The summed E-state index contributed by atoms with van der Waals surface area (Å²) in [4.78, 5) is 0. The minimum absolute atomic E-state index is 0.0690. The van der Waals surface area contributed by atoms with E-state index in [-0.39, 0.29) is 28.2 Å². The van der Waals surface area contributed by atoms with Crippen molar-refractivity contribution in [3.05, 3.63) is 36.4 Å². The monoisotopic (exact) mass is 516 g/mol. The van der Waals surface area contributed by atoms with Crippen LogP contribution in [0.1, 0.15) is 70.6 Å². The fourth-order valence-corrected chi connectivity index (χ4v) is 11.4. The predicted octanol–water partition coefficient (Wildman–Crippen LogP) is 6.46. The summed E-state index contributed by atoms with van der Waals surface area (Å²) in [5.41, 5.74) is 13.1. The molecule has 8 saturated carbocycles. The standard InChI is InChI=1S/C32H40N2O4/c33-26-11-24(1-3-28(26)35)37-32(38-25-2-4-29(36)27(34)12-25)23-9-21-8-22(10-23)17-31(32,16-21)30-13-18-5-19(14-30)7-20(6-18)15-30/h1-4,11-12,18-23,35-36H,5-10,13-17,33-34H2. The Morgan fingerprint density at radius 2 is 1.03 bits per heavy atom. The largest absolute Gasteiger partial charge is 0.506 e. The maximum absolute atomic E-state index is 10.2. The number of hydrogen-bond donors (Lipinski definition) is 4. The highest BCUT2D eigenvalue weighted by atomic mass is 16.7. The summed E-state index contributed by atoms with van der Waals surface area (Å²) in [7, 11) is 0. The summed E-state index contributed by atoms with van der Waals surface area (Å²) < 4.78 is 14.5. The Morgan fingerprint density at radius 1 is 0.605 bits per heavy atom. The van der Waals surface area contributed by atoms with Crippen molar-refractivity contribution in [2.75, 3.05) is 11.5 Å². The van der Waals surface area contributed by atoms with E-state index in [0.29, 0.717) is 22.9 Å². The van der Waals surface area contributed by atoms with Crippen LogP contribution in [0, 0.1) is 46.3 Å². The molecule has 0 saturated heterocycles. The Bertz CT molecular complexity index is 1190. The van der Waals surface area contributed by atoms with Gasteiger partial charge >= 0.3 is 0 Å². The lowest BCUT2D eigenvalue weighted by molar-refractivity contribution is -0.357. The molecule has 6 nitrogen and oxygen atoms in total.